The maximum atomic E-state index is 12.8. The summed E-state index contributed by atoms with van der Waals surface area (Å²) in [4.78, 5) is 52.3. The van der Waals surface area contributed by atoms with Crippen LogP contribution in [0.25, 0.3) is 0 Å². The van der Waals surface area contributed by atoms with Gasteiger partial charge >= 0.3 is 12.4 Å². The monoisotopic (exact) mass is 517 g/mol. The number of carbonyl (C=O) groups is 4. The molecule has 4 aliphatic heterocycles. The summed E-state index contributed by atoms with van der Waals surface area (Å²) in [7, 11) is 0. The van der Waals surface area contributed by atoms with Crippen LogP contribution in [-0.4, -0.2) is 105 Å². The average Bonchev–Trinajstić information content (AvgIpc) is 3.44. The Morgan fingerprint density at radius 1 is 1.29 bits per heavy atom. The van der Waals surface area contributed by atoms with Crippen LogP contribution < -0.4 is 16.4 Å². The number of amides is 3. The van der Waals surface area contributed by atoms with Crippen molar-refractivity contribution in [1.82, 2.24) is 20.4 Å². The lowest BCUT2D eigenvalue weighted by Crippen LogP contribution is -2.66. The number of β-amino-alcohol motifs (C(OH)–C–C–N with tert-alkyl or cyclic N) is 1. The molecule has 4 heterocycles. The van der Waals surface area contributed by atoms with Crippen LogP contribution in [-0.2, 0) is 19.2 Å². The smallest absolute Gasteiger partial charge is 0.353 e. The molecule has 0 bridgehead atoms. The van der Waals surface area contributed by atoms with Gasteiger partial charge in [0.15, 0.2) is 0 Å². The maximum Gasteiger partial charge on any atom is 0.353 e. The second-order valence-electron chi connectivity index (χ2n) is 9.54. The summed E-state index contributed by atoms with van der Waals surface area (Å²) in [5.74, 6) is -4.65. The highest BCUT2D eigenvalue weighted by atomic mass is 32.2. The summed E-state index contributed by atoms with van der Waals surface area (Å²) < 4.78 is 25.3. The second kappa shape index (κ2) is 9.64. The van der Waals surface area contributed by atoms with Crippen LogP contribution in [0, 0.1) is 11.8 Å². The summed E-state index contributed by atoms with van der Waals surface area (Å²) in [6.07, 6.45) is -3.55. The number of β-lactam (4-membered cyclic amide) rings is 1. The number of carbonyl (C=O) groups excluding carboxylic acids is 3. The van der Waals surface area contributed by atoms with E-state index in [2.05, 4.69) is 10.6 Å². The number of carboxylic acid groups (broad SMARTS) is 1. The summed E-state index contributed by atoms with van der Waals surface area (Å²) in [5.41, 5.74) is 5.66. The quantitative estimate of drug-likeness (QED) is 0.253. The molecule has 0 saturated carbocycles. The van der Waals surface area contributed by atoms with Gasteiger partial charge in [-0.1, -0.05) is 6.92 Å². The molecule has 0 aromatic rings. The Balaban J connectivity index is 1.44. The second-order valence-corrected chi connectivity index (χ2v) is 10.9. The summed E-state index contributed by atoms with van der Waals surface area (Å²) in [6, 6.07) is -2.43. The third kappa shape index (κ3) is 4.52. The van der Waals surface area contributed by atoms with Crippen LogP contribution in [0.5, 0.6) is 0 Å². The molecule has 35 heavy (non-hydrogen) atoms. The molecule has 3 fully saturated rings. The predicted octanol–water partition coefficient (Wildman–Crippen LogP) is -1.48. The van der Waals surface area contributed by atoms with E-state index in [1.807, 2.05) is 0 Å². The number of nitrogens with two attached hydrogens (primary N) is 1. The Labute approximate surface area is 204 Å². The van der Waals surface area contributed by atoms with Crippen LogP contribution >= 0.6 is 11.8 Å². The van der Waals surface area contributed by atoms with Crippen LogP contribution in [0.1, 0.15) is 20.3 Å². The van der Waals surface area contributed by atoms with Gasteiger partial charge in [0.1, 0.15) is 5.70 Å². The van der Waals surface area contributed by atoms with Crippen molar-refractivity contribution in [2.75, 3.05) is 19.6 Å². The fraction of sp³-hybridized carbons (Fsp3) is 0.714. The number of halogens is 2. The minimum absolute atomic E-state index is 0.135. The van der Waals surface area contributed by atoms with Crippen molar-refractivity contribution >= 4 is 35.5 Å². The molecule has 0 aromatic carbocycles. The lowest BCUT2D eigenvalue weighted by molar-refractivity contribution is -0.159. The van der Waals surface area contributed by atoms with Gasteiger partial charge in [-0.25, -0.2) is 4.79 Å². The topological polar surface area (TPSA) is 165 Å². The Morgan fingerprint density at radius 3 is 2.54 bits per heavy atom. The van der Waals surface area contributed by atoms with Gasteiger partial charge in [0.05, 0.1) is 24.1 Å². The molecule has 8 atom stereocenters. The molecule has 3 amide bonds. The zero-order chi connectivity index (χ0) is 25.8. The summed E-state index contributed by atoms with van der Waals surface area (Å²) >= 11 is 1.30. The summed E-state index contributed by atoms with van der Waals surface area (Å²) in [6.45, 7) is 4.10. The molecule has 0 unspecified atom stereocenters. The first-order valence-corrected chi connectivity index (χ1v) is 12.3. The van der Waals surface area contributed by atoms with E-state index in [9.17, 15) is 38.2 Å². The van der Waals surface area contributed by atoms with Crippen molar-refractivity contribution in [3.8, 4) is 0 Å². The minimum Gasteiger partial charge on any atom is -0.477 e. The van der Waals surface area contributed by atoms with Crippen molar-refractivity contribution in [2.45, 2.75) is 62.2 Å². The molecule has 0 radical (unpaired) electrons. The van der Waals surface area contributed by atoms with Gasteiger partial charge in [0, 0.05) is 47.8 Å². The van der Waals surface area contributed by atoms with Crippen LogP contribution in [0.15, 0.2) is 10.6 Å². The highest BCUT2D eigenvalue weighted by Crippen LogP contribution is 2.51. The lowest BCUT2D eigenvalue weighted by Gasteiger charge is -2.47. The molecule has 3 saturated heterocycles. The zero-order valence-corrected chi connectivity index (χ0v) is 20.0. The van der Waals surface area contributed by atoms with Gasteiger partial charge in [-0.2, -0.15) is 8.78 Å². The van der Waals surface area contributed by atoms with Crippen molar-refractivity contribution in [3.63, 3.8) is 0 Å². The summed E-state index contributed by atoms with van der Waals surface area (Å²) in [5, 5.41) is 24.8. The largest absolute Gasteiger partial charge is 0.477 e. The van der Waals surface area contributed by atoms with Gasteiger partial charge < -0.3 is 36.4 Å². The van der Waals surface area contributed by atoms with E-state index in [1.165, 1.54) is 28.5 Å². The number of fused-ring (bicyclic) bond motifs is 1. The highest BCUT2D eigenvalue weighted by molar-refractivity contribution is 8.03. The fourth-order valence-corrected chi connectivity index (χ4v) is 6.93. The molecular formula is C21H29F2N5O6S. The van der Waals surface area contributed by atoms with Gasteiger partial charge in [-0.3, -0.25) is 14.4 Å². The number of rotatable bonds is 7. The number of carboxylic acids is 1. The van der Waals surface area contributed by atoms with Crippen molar-refractivity contribution < 1.29 is 38.2 Å². The third-order valence-electron chi connectivity index (χ3n) is 7.22. The number of nitrogens with one attached hydrogen (secondary N) is 2. The Kier molecular flexibility index (Phi) is 7.10. The number of hydrogen-bond donors (Lipinski definition) is 5. The van der Waals surface area contributed by atoms with E-state index < -0.39 is 60.4 Å². The van der Waals surface area contributed by atoms with E-state index in [0.717, 1.165) is 0 Å². The minimum atomic E-state index is -3.21. The van der Waals surface area contributed by atoms with Crippen LogP contribution in [0.2, 0.25) is 0 Å². The lowest BCUT2D eigenvalue weighted by atomic mass is 9.78. The molecular weight excluding hydrogens is 488 g/mol. The zero-order valence-electron chi connectivity index (χ0n) is 19.2. The molecule has 11 nitrogen and oxygen atoms in total. The van der Waals surface area contributed by atoms with E-state index in [0.29, 0.717) is 17.9 Å². The number of aliphatic hydroxyl groups excluding tert-OH is 1. The number of alkyl halides is 2. The number of thioether (sulfide) groups is 1. The fourth-order valence-electron chi connectivity index (χ4n) is 5.45. The van der Waals surface area contributed by atoms with Gasteiger partial charge in [0.2, 0.25) is 11.8 Å². The molecule has 6 N–H and O–H groups in total. The Morgan fingerprint density at radius 2 is 1.97 bits per heavy atom. The molecule has 0 aliphatic carbocycles. The van der Waals surface area contributed by atoms with E-state index in [4.69, 9.17) is 5.73 Å². The van der Waals surface area contributed by atoms with Crippen LogP contribution in [0.4, 0.5) is 8.78 Å². The highest BCUT2D eigenvalue weighted by Gasteiger charge is 2.60. The molecule has 0 aromatic heterocycles. The Hall–Kier alpha value is -2.29. The Bertz CT molecular complexity index is 956. The first-order chi connectivity index (χ1) is 16.4. The molecule has 194 valence electrons. The number of aliphatic hydroxyl groups is 1. The van der Waals surface area contributed by atoms with Gasteiger partial charge in [-0.05, 0) is 13.3 Å². The number of aliphatic carboxylic acids is 1. The molecule has 14 heteroatoms. The van der Waals surface area contributed by atoms with E-state index >= 15 is 0 Å². The molecule has 0 spiro atoms. The predicted molar refractivity (Wildman–Crippen MR) is 120 cm³/mol. The molecule has 4 rings (SSSR count). The van der Waals surface area contributed by atoms with Crippen molar-refractivity contribution in [3.05, 3.63) is 10.6 Å². The first kappa shape index (κ1) is 25.8. The van der Waals surface area contributed by atoms with Crippen molar-refractivity contribution in [1.29, 1.82) is 0 Å². The van der Waals surface area contributed by atoms with Gasteiger partial charge in [-0.15, -0.1) is 11.8 Å². The molecule has 4 aliphatic rings. The number of hydrogen-bond acceptors (Lipinski definition) is 8. The standard InChI is InChI=1S/C21H29F2N5O6S/c1-7-14-13(8(2)26-18(30)17(22)23)20(32)28(14)15(21(33)34)16(7)35-9-3-11(25-4-9)19(31)27-5-10(24)12(29)6-27/h7-14,17,25,29H,3-6,24H2,1-2H3,(H,26,30)(H,33,34)/t7-,8-,9+,10+,11+,12-,13-,14-/m1/s1. The number of nitrogens with zero attached hydrogens (tertiary/aromatic N) is 2. The van der Waals surface area contributed by atoms with E-state index in [1.54, 1.807) is 6.92 Å². The number of likely N-dealkylation sites (tertiary alicyclic amines) is 1. The maximum absolute atomic E-state index is 12.8. The van der Waals surface area contributed by atoms with Crippen LogP contribution in [0.3, 0.4) is 0 Å². The average molecular weight is 518 g/mol. The SMILES string of the molecule is C[C@@H](NC(=O)C(F)F)[C@H]1C(=O)N2C(C(=O)O)=C(S[C@@H]3CN[C@H](C(=O)N4C[C@@H](O)[C@@H](N)C4)C3)[C@H](C)[C@H]12. The van der Waals surface area contributed by atoms with E-state index in [-0.39, 0.29) is 35.9 Å². The third-order valence-corrected chi connectivity index (χ3v) is 8.74. The normalized spacial score (nSPS) is 35.4. The van der Waals surface area contributed by atoms with Gasteiger partial charge in [0.25, 0.3) is 5.91 Å². The van der Waals surface area contributed by atoms with Crippen molar-refractivity contribution in [2.24, 2.45) is 17.6 Å². The first-order valence-electron chi connectivity index (χ1n) is 11.4.